The van der Waals surface area contributed by atoms with Crippen LogP contribution in [0, 0.1) is 6.92 Å². The Kier molecular flexibility index (Phi) is 9.83. The zero-order valence-corrected chi connectivity index (χ0v) is 50.6. The molecule has 0 unspecified atom stereocenters. The van der Waals surface area contributed by atoms with E-state index in [9.17, 15) is 0 Å². The maximum Gasteiger partial charge on any atom is 0.343 e. The smallest absolute Gasteiger partial charge is 0.343 e. The fraction of sp³-hybridized carbons (Fsp3) is 0.397. The largest absolute Gasteiger partial charge is 0.456 e. The van der Waals surface area contributed by atoms with E-state index in [2.05, 4.69) is 224 Å². The van der Waals surface area contributed by atoms with Crippen molar-refractivity contribution in [2.75, 3.05) is 9.71 Å². The van der Waals surface area contributed by atoms with Crippen molar-refractivity contribution in [2.45, 2.75) is 187 Å². The lowest BCUT2D eigenvalue weighted by atomic mass is 9.46. The number of hydrogen-bond acceptors (Lipinski definition) is 5. The number of furan rings is 2. The normalized spacial score (nSPS) is 19.9. The van der Waals surface area contributed by atoms with Gasteiger partial charge in [-0.1, -0.05) is 140 Å². The van der Waals surface area contributed by atoms with Crippen LogP contribution in [0.1, 0.15) is 187 Å². The first kappa shape index (κ1) is 49.8. The second-order valence-corrected chi connectivity index (χ2v) is 31.2. The van der Waals surface area contributed by atoms with Gasteiger partial charge in [0.05, 0.1) is 11.4 Å². The van der Waals surface area contributed by atoms with Gasteiger partial charge in [-0.3, -0.25) is 0 Å². The van der Waals surface area contributed by atoms with Crippen LogP contribution in [-0.4, -0.2) is 6.85 Å². The summed E-state index contributed by atoms with van der Waals surface area (Å²) in [6.07, 6.45) is 6.95. The van der Waals surface area contributed by atoms with Gasteiger partial charge < -0.3 is 18.5 Å². The average molecular weight is 1060 g/mol. The second-order valence-electron chi connectivity index (χ2n) is 30.1. The van der Waals surface area contributed by atoms with Crippen LogP contribution in [0.3, 0.4) is 0 Å². The van der Waals surface area contributed by atoms with Gasteiger partial charge in [0.25, 0.3) is 0 Å². The quantitative estimate of drug-likeness (QED) is 0.162. The predicted octanol–water partition coefficient (Wildman–Crippen LogP) is 20.1. The summed E-state index contributed by atoms with van der Waals surface area (Å²) in [4.78, 5) is 5.44. The summed E-state index contributed by atoms with van der Waals surface area (Å²) in [5.41, 5.74) is 25.3. The van der Waals surface area contributed by atoms with Crippen molar-refractivity contribution >= 4 is 111 Å². The van der Waals surface area contributed by atoms with Crippen LogP contribution in [0.2, 0.25) is 0 Å². The lowest BCUT2D eigenvalue weighted by Crippen LogP contribution is -2.60. The number of fused-ring (bicyclic) bond motifs is 16. The average Bonchev–Trinajstić information content (AvgIpc) is 3.00. The fourth-order valence-electron chi connectivity index (χ4n) is 15.7. The molecule has 6 heteroatoms. The van der Waals surface area contributed by atoms with E-state index in [0.29, 0.717) is 0 Å². The molecule has 5 heterocycles. The number of nitrogens with zero attached hydrogens (tertiary/aromatic N) is 2. The Morgan fingerprint density at radius 2 is 0.987 bits per heavy atom. The molecule has 0 N–H and O–H groups in total. The van der Waals surface area contributed by atoms with E-state index in [-0.39, 0.29) is 44.8 Å². The number of anilines is 5. The summed E-state index contributed by atoms with van der Waals surface area (Å²) in [6, 6.07) is 41.1. The van der Waals surface area contributed by atoms with Gasteiger partial charge in [0.2, 0.25) is 0 Å². The van der Waals surface area contributed by atoms with Crippen molar-refractivity contribution in [3.05, 3.63) is 148 Å². The highest BCUT2D eigenvalue weighted by atomic mass is 32.1. The molecule has 2 aliphatic heterocycles. The van der Waals surface area contributed by atoms with Crippen molar-refractivity contribution in [1.29, 1.82) is 0 Å². The first-order chi connectivity index (χ1) is 37.1. The van der Waals surface area contributed by atoms with Crippen LogP contribution < -0.4 is 20.0 Å². The molecule has 0 spiro atoms. The van der Waals surface area contributed by atoms with E-state index in [4.69, 9.17) is 8.83 Å². The molecule has 0 atom stereocenters. The van der Waals surface area contributed by atoms with Gasteiger partial charge in [-0.2, -0.15) is 0 Å². The summed E-state index contributed by atoms with van der Waals surface area (Å²) in [6.45, 7) is 38.7. The molecule has 0 fully saturated rings. The highest BCUT2D eigenvalue weighted by molar-refractivity contribution is 7.32. The van der Waals surface area contributed by atoms with Crippen molar-refractivity contribution in [3.63, 3.8) is 0 Å². The molecule has 10 aromatic rings. The van der Waals surface area contributed by atoms with E-state index in [1.165, 1.54) is 122 Å². The summed E-state index contributed by atoms with van der Waals surface area (Å²) in [5, 5.41) is 6.00. The van der Waals surface area contributed by atoms with Gasteiger partial charge in [0, 0.05) is 65.1 Å². The lowest BCUT2D eigenvalue weighted by molar-refractivity contribution is 0.332. The number of para-hydroxylation sites is 1. The molecule has 3 aliphatic carbocycles. The molecule has 0 saturated carbocycles. The maximum atomic E-state index is 7.47. The van der Waals surface area contributed by atoms with Crippen LogP contribution in [0.5, 0.6) is 0 Å². The summed E-state index contributed by atoms with van der Waals surface area (Å²) in [7, 11) is 0. The number of benzene rings is 7. The molecule has 0 amide bonds. The monoisotopic (exact) mass is 1060 g/mol. The van der Waals surface area contributed by atoms with E-state index >= 15 is 0 Å². The molecule has 4 nitrogen and oxygen atoms in total. The molecule has 5 aliphatic rings. The van der Waals surface area contributed by atoms with Gasteiger partial charge in [0.1, 0.15) is 16.7 Å². The minimum Gasteiger partial charge on any atom is -0.456 e. The molecule has 79 heavy (non-hydrogen) atoms. The van der Waals surface area contributed by atoms with Gasteiger partial charge in [0.15, 0.2) is 5.58 Å². The van der Waals surface area contributed by atoms with Crippen LogP contribution in [0.15, 0.2) is 112 Å². The van der Waals surface area contributed by atoms with Crippen LogP contribution in [0.4, 0.5) is 28.4 Å². The van der Waals surface area contributed by atoms with E-state index in [1.807, 2.05) is 11.3 Å². The maximum absolute atomic E-state index is 7.47. The Labute approximate surface area is 472 Å². The second kappa shape index (κ2) is 15.6. The Balaban J connectivity index is 1.13. The number of aryl methyl sites for hydroxylation is 1. The SMILES string of the molecule is Cc1cc2c(cc1N1c3c(sc4cc5c(cc34)C(C)(C)CCC5(C)C)B3c4c(cc5c(oc6ccccc65)c41)-c1cc4c(cc1N3c1ccc(C(C)(C)C)cc1)oc1cc3c(cc14)C(C)(C)CCC3(C)C)C(C)(C)CCC2(C)C. The van der Waals surface area contributed by atoms with Crippen molar-refractivity contribution < 1.29 is 8.83 Å². The summed E-state index contributed by atoms with van der Waals surface area (Å²) < 4.78 is 17.4. The minimum atomic E-state index is -0.193. The zero-order valence-electron chi connectivity index (χ0n) is 49.8. The number of hydrogen-bond donors (Lipinski definition) is 0. The Hall–Kier alpha value is -6.24. The third-order valence-corrected chi connectivity index (χ3v) is 22.3. The van der Waals surface area contributed by atoms with E-state index < -0.39 is 0 Å². The minimum absolute atomic E-state index is 0.00254. The molecular weight excluding hydrogens is 980 g/mol. The van der Waals surface area contributed by atoms with Gasteiger partial charge in [-0.15, -0.1) is 11.3 Å². The van der Waals surface area contributed by atoms with Crippen molar-refractivity contribution in [2.24, 2.45) is 0 Å². The summed E-state index contributed by atoms with van der Waals surface area (Å²) in [5.74, 6) is 0. The summed E-state index contributed by atoms with van der Waals surface area (Å²) >= 11 is 2.02. The van der Waals surface area contributed by atoms with Gasteiger partial charge in [-0.05, 0) is 200 Å². The molecule has 15 rings (SSSR count). The molecule has 0 saturated heterocycles. The molecular formula is C73H77BN2O2S. The van der Waals surface area contributed by atoms with E-state index in [1.54, 1.807) is 0 Å². The first-order valence-corrected chi connectivity index (χ1v) is 30.5. The lowest BCUT2D eigenvalue weighted by Gasteiger charge is -2.46. The predicted molar refractivity (Wildman–Crippen MR) is 339 cm³/mol. The standard InChI is InChI=1S/C73H77BN2O2S/c1-40-31-50-53(71(11,12)28-25-68(50,5)6)36-56(40)75-63-49-35-52-55(73(15,16)30-27-70(52,9)10)38-61(49)79-66(63)74-62-47(33-48-43-19-17-18-20-58(43)78-65(48)64(62)75)44-32-45-46-34-51-54(72(13,14)29-26-69(51,7)8)37-59(46)77-60(45)39-57(44)76(74)42-23-21-41(22-24-42)67(2,3)4/h17-24,31-39H,25-30H2,1-16H3. The third kappa shape index (κ3) is 6.85. The molecule has 7 aromatic carbocycles. The van der Waals surface area contributed by atoms with E-state index in [0.717, 1.165) is 64.5 Å². The molecule has 0 bridgehead atoms. The van der Waals surface area contributed by atoms with Crippen molar-refractivity contribution in [3.8, 4) is 11.1 Å². The molecule has 3 aromatic heterocycles. The first-order valence-electron chi connectivity index (χ1n) is 29.6. The Morgan fingerprint density at radius 3 is 1.61 bits per heavy atom. The Morgan fingerprint density at radius 1 is 0.468 bits per heavy atom. The molecule has 0 radical (unpaired) electrons. The molecule has 400 valence electrons. The fourth-order valence-corrected chi connectivity index (χ4v) is 17.0. The third-order valence-electron chi connectivity index (χ3n) is 21.1. The number of rotatable bonds is 2. The topological polar surface area (TPSA) is 32.8 Å². The van der Waals surface area contributed by atoms with Crippen LogP contribution in [-0.2, 0) is 37.9 Å². The number of thiophene rings is 1. The van der Waals surface area contributed by atoms with Crippen LogP contribution >= 0.6 is 11.3 Å². The van der Waals surface area contributed by atoms with Gasteiger partial charge >= 0.3 is 6.85 Å². The highest BCUT2D eigenvalue weighted by Crippen LogP contribution is 2.58. The van der Waals surface area contributed by atoms with Crippen molar-refractivity contribution in [1.82, 2.24) is 0 Å². The highest BCUT2D eigenvalue weighted by Gasteiger charge is 2.51. The zero-order chi connectivity index (χ0) is 55.2. The van der Waals surface area contributed by atoms with Crippen LogP contribution in [0.25, 0.3) is 65.1 Å². The van der Waals surface area contributed by atoms with Gasteiger partial charge in [-0.25, -0.2) is 0 Å². The Bertz CT molecular complexity index is 4330.